The maximum Gasteiger partial charge on any atom is 0.307 e. The van der Waals surface area contributed by atoms with Crippen LogP contribution in [0.1, 0.15) is 59.8 Å². The van der Waals surface area contributed by atoms with Crippen molar-refractivity contribution >= 4 is 14.3 Å². The molecule has 0 radical (unpaired) electrons. The molecule has 2 aliphatic rings. The summed E-state index contributed by atoms with van der Waals surface area (Å²) in [4.78, 5) is 11.2. The number of fused-ring (bicyclic) bond motifs is 1. The van der Waals surface area contributed by atoms with Gasteiger partial charge >= 0.3 is 5.97 Å². The molecule has 0 amide bonds. The summed E-state index contributed by atoms with van der Waals surface area (Å²) >= 11 is 0. The Morgan fingerprint density at radius 2 is 1.88 bits per heavy atom. The zero-order chi connectivity index (χ0) is 18.4. The number of allylic oxidation sites excluding steroid dienone is 3. The zero-order valence-electron chi connectivity index (χ0n) is 16.5. The quantitative estimate of drug-likeness (QED) is 0.345. The first-order valence-corrected chi connectivity index (χ1v) is 12.5. The number of hydrogen-bond donors (Lipinski definition) is 0. The van der Waals surface area contributed by atoms with Gasteiger partial charge in [-0.05, 0) is 55.8 Å². The SMILES string of the molecule is C=C(CC[C@]1(C)C(O[Si](C)(C)C)=C[C@]2(C)CCC[C@@]21C)OC(C)=O. The molecule has 0 spiro atoms. The minimum absolute atomic E-state index is 0.0401. The number of hydrogen-bond acceptors (Lipinski definition) is 3. The smallest absolute Gasteiger partial charge is 0.307 e. The molecule has 0 bridgehead atoms. The van der Waals surface area contributed by atoms with E-state index in [1.807, 2.05) is 0 Å². The molecule has 0 heterocycles. The lowest BCUT2D eigenvalue weighted by Crippen LogP contribution is -2.42. The lowest BCUT2D eigenvalue weighted by molar-refractivity contribution is -0.137. The first kappa shape index (κ1) is 19.3. The van der Waals surface area contributed by atoms with Crippen LogP contribution in [0.3, 0.4) is 0 Å². The highest BCUT2D eigenvalue weighted by Crippen LogP contribution is 2.71. The van der Waals surface area contributed by atoms with Gasteiger partial charge in [0, 0.05) is 18.8 Å². The van der Waals surface area contributed by atoms with Gasteiger partial charge in [-0.1, -0.05) is 33.8 Å². The van der Waals surface area contributed by atoms with E-state index in [9.17, 15) is 4.79 Å². The summed E-state index contributed by atoms with van der Waals surface area (Å²) in [5.41, 5.74) is 0.340. The van der Waals surface area contributed by atoms with Crippen molar-refractivity contribution in [1.29, 1.82) is 0 Å². The molecule has 0 unspecified atom stereocenters. The Balaban J connectivity index is 2.29. The standard InChI is InChI=1S/C20H34O3Si/c1-15(22-16(2)21)10-13-19(4)17(23-24(6,7)8)14-18(3)11-9-12-20(18,19)5/h14H,1,9-13H2,2-8H3/t18-,19+,20-/m0/s1. The Labute approximate surface area is 148 Å². The fourth-order valence-electron chi connectivity index (χ4n) is 4.74. The van der Waals surface area contributed by atoms with Crippen molar-refractivity contribution in [3.05, 3.63) is 24.2 Å². The van der Waals surface area contributed by atoms with E-state index in [0.717, 1.165) is 6.42 Å². The van der Waals surface area contributed by atoms with Crippen LogP contribution in [-0.4, -0.2) is 14.3 Å². The molecule has 0 aliphatic heterocycles. The molecule has 0 aromatic heterocycles. The molecule has 0 aromatic carbocycles. The van der Waals surface area contributed by atoms with Crippen LogP contribution in [0, 0.1) is 16.2 Å². The second kappa shape index (κ2) is 6.05. The van der Waals surface area contributed by atoms with E-state index in [1.54, 1.807) is 0 Å². The van der Waals surface area contributed by atoms with Gasteiger partial charge in [0.1, 0.15) is 5.76 Å². The average molecular weight is 351 g/mol. The van der Waals surface area contributed by atoms with Crippen LogP contribution in [0.25, 0.3) is 0 Å². The summed E-state index contributed by atoms with van der Waals surface area (Å²) in [5, 5.41) is 0. The normalized spacial score (nSPS) is 35.4. The summed E-state index contributed by atoms with van der Waals surface area (Å²) in [6.07, 6.45) is 7.73. The van der Waals surface area contributed by atoms with Gasteiger partial charge in [-0.2, -0.15) is 0 Å². The third-order valence-electron chi connectivity index (χ3n) is 6.45. The van der Waals surface area contributed by atoms with E-state index < -0.39 is 8.32 Å². The molecule has 2 aliphatic carbocycles. The summed E-state index contributed by atoms with van der Waals surface area (Å²) < 4.78 is 11.7. The van der Waals surface area contributed by atoms with E-state index in [-0.39, 0.29) is 22.2 Å². The highest BCUT2D eigenvalue weighted by atomic mass is 28.4. The Morgan fingerprint density at radius 3 is 2.42 bits per heavy atom. The monoisotopic (exact) mass is 350 g/mol. The van der Waals surface area contributed by atoms with Crippen molar-refractivity contribution in [2.24, 2.45) is 16.2 Å². The van der Waals surface area contributed by atoms with Crippen LogP contribution < -0.4 is 0 Å². The predicted molar refractivity (Wildman–Crippen MR) is 101 cm³/mol. The molecule has 0 saturated heterocycles. The van der Waals surface area contributed by atoms with Gasteiger partial charge in [-0.3, -0.25) is 4.79 Å². The number of carbonyl (C=O) groups is 1. The van der Waals surface area contributed by atoms with Crippen molar-refractivity contribution < 1.29 is 14.0 Å². The molecular formula is C20H34O3Si. The molecule has 2 rings (SSSR count). The van der Waals surface area contributed by atoms with E-state index >= 15 is 0 Å². The predicted octanol–water partition coefficient (Wildman–Crippen LogP) is 5.80. The number of esters is 1. The van der Waals surface area contributed by atoms with Crippen molar-refractivity contribution in [2.75, 3.05) is 0 Å². The number of ether oxygens (including phenoxy) is 1. The molecule has 0 N–H and O–H groups in total. The molecule has 136 valence electrons. The van der Waals surface area contributed by atoms with Gasteiger partial charge in [-0.15, -0.1) is 0 Å². The summed E-state index contributed by atoms with van der Waals surface area (Å²) in [5.74, 6) is 1.44. The third-order valence-corrected chi connectivity index (χ3v) is 7.29. The molecule has 0 aromatic rings. The maximum absolute atomic E-state index is 11.2. The molecule has 24 heavy (non-hydrogen) atoms. The van der Waals surface area contributed by atoms with E-state index in [1.165, 1.54) is 31.9 Å². The van der Waals surface area contributed by atoms with Gasteiger partial charge in [-0.25, -0.2) is 0 Å². The third kappa shape index (κ3) is 3.22. The van der Waals surface area contributed by atoms with Gasteiger partial charge in [0.25, 0.3) is 0 Å². The van der Waals surface area contributed by atoms with Gasteiger partial charge in [0.2, 0.25) is 8.32 Å². The fourth-order valence-corrected chi connectivity index (χ4v) is 5.69. The molecule has 4 heteroatoms. The minimum Gasteiger partial charge on any atom is -0.547 e. The van der Waals surface area contributed by atoms with E-state index in [4.69, 9.17) is 9.16 Å². The summed E-state index contributed by atoms with van der Waals surface area (Å²) in [6.45, 7) is 19.2. The Morgan fingerprint density at radius 1 is 1.25 bits per heavy atom. The minimum atomic E-state index is -1.68. The van der Waals surface area contributed by atoms with Crippen LogP contribution in [0.2, 0.25) is 19.6 Å². The molecule has 1 saturated carbocycles. The lowest BCUT2D eigenvalue weighted by atomic mass is 9.57. The van der Waals surface area contributed by atoms with Crippen molar-refractivity contribution in [3.63, 3.8) is 0 Å². The molecule has 1 fully saturated rings. The Bertz CT molecular complexity index is 574. The average Bonchev–Trinajstić information content (AvgIpc) is 2.76. The van der Waals surface area contributed by atoms with Crippen LogP contribution in [-0.2, 0) is 14.0 Å². The number of carbonyl (C=O) groups excluding carboxylic acids is 1. The van der Waals surface area contributed by atoms with Crippen molar-refractivity contribution in [3.8, 4) is 0 Å². The van der Waals surface area contributed by atoms with E-state index in [2.05, 4.69) is 53.1 Å². The maximum atomic E-state index is 11.2. The second-order valence-electron chi connectivity index (χ2n) is 9.29. The first-order valence-electron chi connectivity index (χ1n) is 9.12. The topological polar surface area (TPSA) is 35.5 Å². The van der Waals surface area contributed by atoms with Gasteiger partial charge < -0.3 is 9.16 Å². The summed E-state index contributed by atoms with van der Waals surface area (Å²) in [7, 11) is -1.68. The molecular weight excluding hydrogens is 316 g/mol. The van der Waals surface area contributed by atoms with Crippen LogP contribution >= 0.6 is 0 Å². The van der Waals surface area contributed by atoms with Crippen molar-refractivity contribution in [1.82, 2.24) is 0 Å². The van der Waals surface area contributed by atoms with Gasteiger partial charge in [0.15, 0.2) is 0 Å². The Hall–Kier alpha value is -1.03. The van der Waals surface area contributed by atoms with Crippen molar-refractivity contribution in [2.45, 2.75) is 79.4 Å². The van der Waals surface area contributed by atoms with E-state index in [0.29, 0.717) is 12.2 Å². The number of rotatable bonds is 6. The van der Waals surface area contributed by atoms with Crippen LogP contribution in [0.4, 0.5) is 0 Å². The zero-order valence-corrected chi connectivity index (χ0v) is 17.5. The largest absolute Gasteiger partial charge is 0.547 e. The second-order valence-corrected chi connectivity index (χ2v) is 13.7. The highest BCUT2D eigenvalue weighted by Gasteiger charge is 2.63. The fraction of sp³-hybridized carbons (Fsp3) is 0.750. The summed E-state index contributed by atoms with van der Waals surface area (Å²) in [6, 6.07) is 0. The lowest BCUT2D eigenvalue weighted by Gasteiger charge is -2.48. The van der Waals surface area contributed by atoms with Crippen LogP contribution in [0.5, 0.6) is 0 Å². The van der Waals surface area contributed by atoms with Gasteiger partial charge in [0.05, 0.1) is 5.76 Å². The first-order chi connectivity index (χ1) is 10.8. The molecule has 3 nitrogen and oxygen atoms in total. The Kier molecular flexibility index (Phi) is 4.86. The van der Waals surface area contributed by atoms with Crippen LogP contribution in [0.15, 0.2) is 24.2 Å². The highest BCUT2D eigenvalue weighted by molar-refractivity contribution is 6.70. The molecule has 3 atom stereocenters.